The molecule has 0 aliphatic heterocycles. The topological polar surface area (TPSA) is 141 Å². The molecular formula is C35H45N3O7S. The van der Waals surface area contributed by atoms with Crippen molar-refractivity contribution in [3.8, 4) is 5.75 Å². The lowest BCUT2D eigenvalue weighted by Gasteiger charge is -2.10. The van der Waals surface area contributed by atoms with Crippen LogP contribution in [0.15, 0.2) is 71.8 Å². The van der Waals surface area contributed by atoms with E-state index in [-0.39, 0.29) is 34.5 Å². The normalized spacial score (nSPS) is 11.1. The molecule has 0 saturated heterocycles. The number of unbranched alkanes of at least 4 members (excludes halogenated alkanes) is 8. The minimum Gasteiger partial charge on any atom is -0.496 e. The number of benzene rings is 2. The van der Waals surface area contributed by atoms with E-state index in [0.717, 1.165) is 30.6 Å². The molecule has 0 saturated carbocycles. The van der Waals surface area contributed by atoms with Crippen molar-refractivity contribution in [1.82, 2.24) is 15.0 Å². The number of pyridine rings is 1. The summed E-state index contributed by atoms with van der Waals surface area (Å²) in [5.74, 6) is -0.780. The zero-order chi connectivity index (χ0) is 33.2. The molecule has 248 valence electrons. The Hall–Kier alpha value is -4.25. The SMILES string of the molecule is CCCCCCCCCCCC(=O)OCc1ccc(C(=O)NS(=O)(=O)c2ccc(C(=O)NCCc3ccccc3OC)cc2)cn1. The van der Waals surface area contributed by atoms with E-state index >= 15 is 0 Å². The fourth-order valence-electron chi connectivity index (χ4n) is 4.80. The highest BCUT2D eigenvalue weighted by molar-refractivity contribution is 7.90. The van der Waals surface area contributed by atoms with E-state index < -0.39 is 15.9 Å². The molecule has 0 aliphatic rings. The van der Waals surface area contributed by atoms with Gasteiger partial charge in [0.15, 0.2) is 0 Å². The number of nitrogens with one attached hydrogen (secondary N) is 2. The van der Waals surface area contributed by atoms with Gasteiger partial charge in [-0.15, -0.1) is 0 Å². The molecule has 2 N–H and O–H groups in total. The second-order valence-electron chi connectivity index (χ2n) is 11.1. The van der Waals surface area contributed by atoms with Gasteiger partial charge in [-0.1, -0.05) is 76.5 Å². The average molecular weight is 652 g/mol. The molecule has 3 aromatic rings. The summed E-state index contributed by atoms with van der Waals surface area (Å²) >= 11 is 0. The Labute approximate surface area is 272 Å². The number of sulfonamides is 1. The number of para-hydroxylation sites is 1. The predicted octanol–water partition coefficient (Wildman–Crippen LogP) is 6.15. The number of hydrogen-bond donors (Lipinski definition) is 2. The Kier molecular flexibility index (Phi) is 15.2. The molecule has 1 heterocycles. The van der Waals surface area contributed by atoms with Crippen molar-refractivity contribution in [2.75, 3.05) is 13.7 Å². The molecule has 0 atom stereocenters. The number of methoxy groups -OCH3 is 1. The fraction of sp³-hybridized carbons (Fsp3) is 0.429. The van der Waals surface area contributed by atoms with Crippen LogP contribution >= 0.6 is 0 Å². The lowest BCUT2D eigenvalue weighted by atomic mass is 10.1. The number of esters is 1. The minimum absolute atomic E-state index is 0.0272. The van der Waals surface area contributed by atoms with Crippen molar-refractivity contribution in [2.24, 2.45) is 0 Å². The van der Waals surface area contributed by atoms with Crippen LogP contribution in [0.3, 0.4) is 0 Å². The molecule has 11 heteroatoms. The first-order chi connectivity index (χ1) is 22.2. The number of nitrogens with zero attached hydrogens (tertiary/aromatic N) is 1. The van der Waals surface area contributed by atoms with Gasteiger partial charge in [0.25, 0.3) is 21.8 Å². The van der Waals surface area contributed by atoms with E-state index in [2.05, 4.69) is 17.2 Å². The largest absolute Gasteiger partial charge is 0.496 e. The smallest absolute Gasteiger partial charge is 0.306 e. The van der Waals surface area contributed by atoms with Crippen molar-refractivity contribution in [2.45, 2.75) is 89.1 Å². The van der Waals surface area contributed by atoms with Crippen LogP contribution in [-0.4, -0.2) is 44.8 Å². The third-order valence-electron chi connectivity index (χ3n) is 7.48. The van der Waals surface area contributed by atoms with Crippen LogP contribution in [0, 0.1) is 0 Å². The number of aromatic nitrogens is 1. The van der Waals surface area contributed by atoms with E-state index in [1.54, 1.807) is 7.11 Å². The fourth-order valence-corrected chi connectivity index (χ4v) is 5.77. The minimum atomic E-state index is -4.21. The molecule has 10 nitrogen and oxygen atoms in total. The van der Waals surface area contributed by atoms with Crippen molar-refractivity contribution >= 4 is 27.8 Å². The van der Waals surface area contributed by atoms with E-state index in [1.165, 1.54) is 81.1 Å². The molecule has 0 bridgehead atoms. The molecular weight excluding hydrogens is 606 g/mol. The van der Waals surface area contributed by atoms with Crippen LogP contribution in [0.2, 0.25) is 0 Å². The van der Waals surface area contributed by atoms with Gasteiger partial charge < -0.3 is 14.8 Å². The maximum Gasteiger partial charge on any atom is 0.306 e. The summed E-state index contributed by atoms with van der Waals surface area (Å²) in [4.78, 5) is 41.2. The number of carbonyl (C=O) groups is 3. The van der Waals surface area contributed by atoms with Crippen LogP contribution in [0.1, 0.15) is 103 Å². The summed E-state index contributed by atoms with van der Waals surface area (Å²) < 4.78 is 38.2. The standard InChI is InChI=1S/C35H45N3O7S/c1-3-4-5-6-7-8-9-10-11-16-33(39)45-26-30-20-17-29(25-37-30)35(41)38-46(42,43)31-21-18-28(19-22-31)34(40)36-24-23-27-14-12-13-15-32(27)44-2/h12-15,17-22,25H,3-11,16,23-24,26H2,1-2H3,(H,36,40)(H,38,41). The van der Waals surface area contributed by atoms with Gasteiger partial charge in [-0.3, -0.25) is 19.4 Å². The Morgan fingerprint density at radius 1 is 0.783 bits per heavy atom. The molecule has 2 aromatic carbocycles. The van der Waals surface area contributed by atoms with Crippen LogP contribution in [0.5, 0.6) is 5.75 Å². The van der Waals surface area contributed by atoms with Gasteiger partial charge in [0.05, 0.1) is 23.3 Å². The summed E-state index contributed by atoms with van der Waals surface area (Å²) in [7, 11) is -2.62. The van der Waals surface area contributed by atoms with E-state index in [4.69, 9.17) is 9.47 Å². The molecule has 0 unspecified atom stereocenters. The van der Waals surface area contributed by atoms with Gasteiger partial charge in [0, 0.05) is 24.7 Å². The van der Waals surface area contributed by atoms with Gasteiger partial charge in [-0.2, -0.15) is 0 Å². The number of ether oxygens (including phenoxy) is 2. The first kappa shape index (κ1) is 36.2. The second kappa shape index (κ2) is 19.3. The highest BCUT2D eigenvalue weighted by Gasteiger charge is 2.20. The van der Waals surface area contributed by atoms with Crippen LogP contribution < -0.4 is 14.8 Å². The number of carbonyl (C=O) groups excluding carboxylic acids is 3. The lowest BCUT2D eigenvalue weighted by molar-refractivity contribution is -0.145. The van der Waals surface area contributed by atoms with E-state index in [1.807, 2.05) is 29.0 Å². The molecule has 0 aliphatic carbocycles. The van der Waals surface area contributed by atoms with Gasteiger partial charge in [0.1, 0.15) is 12.4 Å². The summed E-state index contributed by atoms with van der Waals surface area (Å²) in [6, 6.07) is 15.7. The second-order valence-corrected chi connectivity index (χ2v) is 12.7. The average Bonchev–Trinajstić information content (AvgIpc) is 3.06. The highest BCUT2D eigenvalue weighted by atomic mass is 32.2. The predicted molar refractivity (Wildman–Crippen MR) is 176 cm³/mol. The maximum absolute atomic E-state index is 12.8. The van der Waals surface area contributed by atoms with E-state index in [0.29, 0.717) is 25.1 Å². The zero-order valence-electron chi connectivity index (χ0n) is 26.8. The lowest BCUT2D eigenvalue weighted by Crippen LogP contribution is -2.31. The third-order valence-corrected chi connectivity index (χ3v) is 8.83. The Balaban J connectivity index is 1.39. The van der Waals surface area contributed by atoms with Crippen molar-refractivity contribution < 1.29 is 32.3 Å². The summed E-state index contributed by atoms with van der Waals surface area (Å²) in [6.45, 7) is 2.54. The number of rotatable bonds is 20. The van der Waals surface area contributed by atoms with Gasteiger partial charge in [-0.05, 0) is 60.9 Å². The van der Waals surface area contributed by atoms with Crippen molar-refractivity contribution in [3.63, 3.8) is 0 Å². The quantitative estimate of drug-likeness (QED) is 0.110. The van der Waals surface area contributed by atoms with Crippen LogP contribution in [0.4, 0.5) is 0 Å². The summed E-state index contributed by atoms with van der Waals surface area (Å²) in [5.41, 5.74) is 1.70. The molecule has 1 aromatic heterocycles. The Morgan fingerprint density at radius 3 is 2.09 bits per heavy atom. The monoisotopic (exact) mass is 651 g/mol. The third kappa shape index (κ3) is 12.3. The Morgan fingerprint density at radius 2 is 1.43 bits per heavy atom. The zero-order valence-corrected chi connectivity index (χ0v) is 27.6. The summed E-state index contributed by atoms with van der Waals surface area (Å²) in [6.07, 6.45) is 12.6. The molecule has 0 radical (unpaired) electrons. The highest BCUT2D eigenvalue weighted by Crippen LogP contribution is 2.18. The van der Waals surface area contributed by atoms with E-state index in [9.17, 15) is 22.8 Å². The van der Waals surface area contributed by atoms with Crippen molar-refractivity contribution in [1.29, 1.82) is 0 Å². The molecule has 2 amide bonds. The Bertz CT molecular complexity index is 1510. The number of amides is 2. The van der Waals surface area contributed by atoms with Gasteiger partial charge in [0.2, 0.25) is 0 Å². The first-order valence-electron chi connectivity index (χ1n) is 15.9. The van der Waals surface area contributed by atoms with Crippen LogP contribution in [-0.2, 0) is 32.6 Å². The first-order valence-corrected chi connectivity index (χ1v) is 17.4. The van der Waals surface area contributed by atoms with Gasteiger partial charge >= 0.3 is 5.97 Å². The molecule has 0 fully saturated rings. The van der Waals surface area contributed by atoms with Crippen molar-refractivity contribution in [3.05, 3.63) is 89.2 Å². The molecule has 46 heavy (non-hydrogen) atoms. The van der Waals surface area contributed by atoms with Gasteiger partial charge in [-0.25, -0.2) is 13.1 Å². The molecule has 3 rings (SSSR count). The summed E-state index contributed by atoms with van der Waals surface area (Å²) in [5, 5.41) is 2.80. The maximum atomic E-state index is 12.8. The number of hydrogen-bond acceptors (Lipinski definition) is 8. The molecule has 0 spiro atoms. The van der Waals surface area contributed by atoms with Crippen LogP contribution in [0.25, 0.3) is 0 Å².